The van der Waals surface area contributed by atoms with Crippen LogP contribution in [0.1, 0.15) is 30.2 Å². The van der Waals surface area contributed by atoms with Gasteiger partial charge in [0.15, 0.2) is 0 Å². The van der Waals surface area contributed by atoms with E-state index in [1.54, 1.807) is 10.4 Å². The first-order chi connectivity index (χ1) is 7.90. The zero-order valence-electron chi connectivity index (χ0n) is 10.2. The molecular formula is C13H22N2S. The predicted octanol–water partition coefficient (Wildman–Crippen LogP) is 2.50. The molecule has 0 saturated carbocycles. The van der Waals surface area contributed by atoms with Gasteiger partial charge < -0.3 is 5.32 Å². The molecule has 1 aliphatic rings. The summed E-state index contributed by atoms with van der Waals surface area (Å²) in [4.78, 5) is 4.17. The van der Waals surface area contributed by atoms with Crippen molar-refractivity contribution >= 4 is 11.3 Å². The molecule has 0 radical (unpaired) electrons. The average molecular weight is 238 g/mol. The van der Waals surface area contributed by atoms with Gasteiger partial charge in [0.05, 0.1) is 0 Å². The van der Waals surface area contributed by atoms with Crippen LogP contribution < -0.4 is 5.32 Å². The van der Waals surface area contributed by atoms with Gasteiger partial charge in [0.1, 0.15) is 0 Å². The summed E-state index contributed by atoms with van der Waals surface area (Å²) in [6.07, 6.45) is 3.84. The molecule has 0 atom stereocenters. The van der Waals surface area contributed by atoms with Gasteiger partial charge in [0, 0.05) is 31.1 Å². The third-order valence-electron chi connectivity index (χ3n) is 3.20. The highest BCUT2D eigenvalue weighted by molar-refractivity contribution is 7.10. The van der Waals surface area contributed by atoms with Gasteiger partial charge in [-0.05, 0) is 36.4 Å². The Morgan fingerprint density at radius 1 is 1.44 bits per heavy atom. The second kappa shape index (κ2) is 6.38. The van der Waals surface area contributed by atoms with Gasteiger partial charge in [0.25, 0.3) is 0 Å². The van der Waals surface area contributed by atoms with E-state index >= 15 is 0 Å². The smallest absolute Gasteiger partial charge is 0.0245 e. The van der Waals surface area contributed by atoms with E-state index in [4.69, 9.17) is 0 Å². The van der Waals surface area contributed by atoms with E-state index < -0.39 is 0 Å². The van der Waals surface area contributed by atoms with Crippen molar-refractivity contribution in [3.8, 4) is 0 Å². The molecule has 1 aromatic heterocycles. The fraction of sp³-hybridized carbons (Fsp3) is 0.692. The third-order valence-corrected chi connectivity index (χ3v) is 4.22. The largest absolute Gasteiger partial charge is 0.315 e. The van der Waals surface area contributed by atoms with Crippen molar-refractivity contribution in [2.75, 3.05) is 26.2 Å². The van der Waals surface area contributed by atoms with Gasteiger partial charge in [0.2, 0.25) is 0 Å². The predicted molar refractivity (Wildman–Crippen MR) is 71.1 cm³/mol. The Bertz CT molecular complexity index is 309. The van der Waals surface area contributed by atoms with Gasteiger partial charge in [-0.3, -0.25) is 4.90 Å². The van der Waals surface area contributed by atoms with Crippen LogP contribution >= 0.6 is 11.3 Å². The summed E-state index contributed by atoms with van der Waals surface area (Å²) >= 11 is 1.92. The van der Waals surface area contributed by atoms with Crippen LogP contribution in [0, 0.1) is 0 Å². The molecule has 1 N–H and O–H groups in total. The Hall–Kier alpha value is -0.380. The molecule has 90 valence electrons. The number of hydrogen-bond acceptors (Lipinski definition) is 3. The lowest BCUT2D eigenvalue weighted by atomic mass is 10.1. The van der Waals surface area contributed by atoms with Crippen LogP contribution in [0.2, 0.25) is 0 Å². The van der Waals surface area contributed by atoms with E-state index in [2.05, 4.69) is 28.6 Å². The summed E-state index contributed by atoms with van der Waals surface area (Å²) < 4.78 is 0. The van der Waals surface area contributed by atoms with Gasteiger partial charge in [-0.15, -0.1) is 11.3 Å². The van der Waals surface area contributed by atoms with Crippen LogP contribution in [-0.2, 0) is 13.0 Å². The van der Waals surface area contributed by atoms with E-state index in [0.29, 0.717) is 0 Å². The van der Waals surface area contributed by atoms with Crippen LogP contribution in [0.25, 0.3) is 0 Å². The van der Waals surface area contributed by atoms with Crippen molar-refractivity contribution < 1.29 is 0 Å². The molecule has 3 heteroatoms. The maximum absolute atomic E-state index is 3.51. The number of nitrogens with zero attached hydrogens (tertiary/aromatic N) is 1. The van der Waals surface area contributed by atoms with Gasteiger partial charge in [-0.25, -0.2) is 0 Å². The van der Waals surface area contributed by atoms with Crippen LogP contribution in [0.15, 0.2) is 11.4 Å². The van der Waals surface area contributed by atoms with Gasteiger partial charge in [-0.2, -0.15) is 0 Å². The highest BCUT2D eigenvalue weighted by Crippen LogP contribution is 2.23. The van der Waals surface area contributed by atoms with E-state index in [0.717, 1.165) is 13.1 Å². The van der Waals surface area contributed by atoms with Gasteiger partial charge in [-0.1, -0.05) is 13.3 Å². The van der Waals surface area contributed by atoms with Crippen LogP contribution in [0.4, 0.5) is 0 Å². The first-order valence-electron chi connectivity index (χ1n) is 6.38. The first-order valence-corrected chi connectivity index (χ1v) is 7.26. The molecule has 0 amide bonds. The molecule has 1 aliphatic heterocycles. The standard InChI is InChI=1S/C13H22N2S/c1-2-3-6-14-7-9-15-8-4-13-12(11-15)5-10-16-13/h5,10,14H,2-4,6-9,11H2,1H3. The fourth-order valence-corrected chi connectivity index (χ4v) is 3.05. The lowest BCUT2D eigenvalue weighted by molar-refractivity contribution is 0.256. The van der Waals surface area contributed by atoms with Crippen molar-refractivity contribution in [3.63, 3.8) is 0 Å². The molecule has 16 heavy (non-hydrogen) atoms. The topological polar surface area (TPSA) is 15.3 Å². The highest BCUT2D eigenvalue weighted by Gasteiger charge is 2.15. The molecule has 0 unspecified atom stereocenters. The minimum absolute atomic E-state index is 1.14. The third kappa shape index (κ3) is 3.30. The molecule has 0 fully saturated rings. The van der Waals surface area contributed by atoms with E-state index in [1.165, 1.54) is 38.9 Å². The minimum atomic E-state index is 1.14. The Labute approximate surface area is 103 Å². The fourth-order valence-electron chi connectivity index (χ4n) is 2.16. The molecule has 0 spiro atoms. The molecule has 1 aromatic rings. The van der Waals surface area contributed by atoms with Crippen molar-refractivity contribution in [1.82, 2.24) is 10.2 Å². The second-order valence-electron chi connectivity index (χ2n) is 4.50. The zero-order valence-corrected chi connectivity index (χ0v) is 11.0. The number of nitrogens with one attached hydrogen (secondary N) is 1. The summed E-state index contributed by atoms with van der Waals surface area (Å²) in [6.45, 7) is 8.15. The molecule has 2 nitrogen and oxygen atoms in total. The molecule has 0 bridgehead atoms. The maximum atomic E-state index is 3.51. The molecule has 0 aliphatic carbocycles. The lowest BCUT2D eigenvalue weighted by Crippen LogP contribution is -2.35. The Morgan fingerprint density at radius 2 is 2.38 bits per heavy atom. The monoisotopic (exact) mass is 238 g/mol. The number of thiophene rings is 1. The minimum Gasteiger partial charge on any atom is -0.315 e. The molecular weight excluding hydrogens is 216 g/mol. The quantitative estimate of drug-likeness (QED) is 0.766. The van der Waals surface area contributed by atoms with E-state index in [1.807, 2.05) is 11.3 Å². The lowest BCUT2D eigenvalue weighted by Gasteiger charge is -2.26. The Kier molecular flexibility index (Phi) is 4.82. The van der Waals surface area contributed by atoms with Gasteiger partial charge >= 0.3 is 0 Å². The summed E-state index contributed by atoms with van der Waals surface area (Å²) in [6, 6.07) is 2.29. The normalized spacial score (nSPS) is 16.3. The highest BCUT2D eigenvalue weighted by atomic mass is 32.1. The van der Waals surface area contributed by atoms with Crippen LogP contribution in [0.5, 0.6) is 0 Å². The second-order valence-corrected chi connectivity index (χ2v) is 5.50. The van der Waals surface area contributed by atoms with E-state index in [-0.39, 0.29) is 0 Å². The molecule has 0 saturated heterocycles. The summed E-state index contributed by atoms with van der Waals surface area (Å²) in [5, 5.41) is 5.74. The van der Waals surface area contributed by atoms with Crippen molar-refractivity contribution in [2.24, 2.45) is 0 Å². The summed E-state index contributed by atoms with van der Waals surface area (Å²) in [5.74, 6) is 0. The number of rotatable bonds is 6. The van der Waals surface area contributed by atoms with E-state index in [9.17, 15) is 0 Å². The summed E-state index contributed by atoms with van der Waals surface area (Å²) in [7, 11) is 0. The first kappa shape index (κ1) is 12.1. The number of fused-ring (bicyclic) bond motifs is 1. The number of unbranched alkanes of at least 4 members (excludes halogenated alkanes) is 1. The van der Waals surface area contributed by atoms with Crippen LogP contribution in [-0.4, -0.2) is 31.1 Å². The van der Waals surface area contributed by atoms with Crippen molar-refractivity contribution in [2.45, 2.75) is 32.7 Å². The van der Waals surface area contributed by atoms with Crippen molar-refractivity contribution in [3.05, 3.63) is 21.9 Å². The van der Waals surface area contributed by atoms with Crippen molar-refractivity contribution in [1.29, 1.82) is 0 Å². The molecule has 0 aromatic carbocycles. The maximum Gasteiger partial charge on any atom is 0.0245 e. The van der Waals surface area contributed by atoms with Crippen LogP contribution in [0.3, 0.4) is 0 Å². The molecule has 2 heterocycles. The SMILES string of the molecule is CCCCNCCN1CCc2sccc2C1. The molecule has 2 rings (SSSR count). The Balaban J connectivity index is 1.65. The number of hydrogen-bond donors (Lipinski definition) is 1. The average Bonchev–Trinajstić information content (AvgIpc) is 2.76. The zero-order chi connectivity index (χ0) is 11.2. The Morgan fingerprint density at radius 3 is 3.25 bits per heavy atom. The summed E-state index contributed by atoms with van der Waals surface area (Å²) in [5.41, 5.74) is 1.56.